The largest absolute Gasteiger partial charge is 0.483 e. The fraction of sp³-hybridized carbons (Fsp3) is 0.133. The fourth-order valence-electron chi connectivity index (χ4n) is 1.83. The molecule has 0 atom stereocenters. The van der Waals surface area contributed by atoms with E-state index in [0.717, 1.165) is 17.4 Å². The molecular formula is C15H15NO4S. The van der Waals surface area contributed by atoms with E-state index in [9.17, 15) is 13.2 Å². The number of hydrogen-bond donors (Lipinski definition) is 1. The lowest BCUT2D eigenvalue weighted by atomic mass is 10.1. The first-order chi connectivity index (χ1) is 9.96. The van der Waals surface area contributed by atoms with E-state index in [2.05, 4.69) is 0 Å². The van der Waals surface area contributed by atoms with Crippen LogP contribution in [0.25, 0.3) is 11.1 Å². The minimum absolute atomic E-state index is 0.364. The molecular weight excluding hydrogens is 290 g/mol. The number of carbonyl (C=O) groups excluding carboxylic acids is 1. The zero-order valence-electron chi connectivity index (χ0n) is 11.4. The first-order valence-corrected chi connectivity index (χ1v) is 8.13. The molecule has 2 aromatic rings. The summed E-state index contributed by atoms with van der Waals surface area (Å²) in [6.45, 7) is -0.364. The quantitative estimate of drug-likeness (QED) is 0.914. The van der Waals surface area contributed by atoms with Crippen LogP contribution in [0, 0.1) is 0 Å². The average Bonchev–Trinajstić information content (AvgIpc) is 2.45. The van der Waals surface area contributed by atoms with Gasteiger partial charge in [0.2, 0.25) is 10.0 Å². The zero-order chi connectivity index (χ0) is 15.3. The van der Waals surface area contributed by atoms with E-state index in [1.807, 2.05) is 47.2 Å². The molecule has 0 saturated carbocycles. The minimum atomic E-state index is -3.57. The molecule has 2 rings (SSSR count). The molecule has 0 unspecified atom stereocenters. The van der Waals surface area contributed by atoms with Gasteiger partial charge in [0.1, 0.15) is 5.75 Å². The second-order valence-corrected chi connectivity index (χ2v) is 6.20. The normalized spacial score (nSPS) is 10.9. The molecule has 5 nitrogen and oxygen atoms in total. The van der Waals surface area contributed by atoms with E-state index < -0.39 is 15.9 Å². The van der Waals surface area contributed by atoms with E-state index in [1.165, 1.54) is 0 Å². The highest BCUT2D eigenvalue weighted by Crippen LogP contribution is 2.29. The third-order valence-corrected chi connectivity index (χ3v) is 3.23. The summed E-state index contributed by atoms with van der Waals surface area (Å²) in [5.74, 6) is -0.187. The van der Waals surface area contributed by atoms with E-state index in [-0.39, 0.29) is 6.61 Å². The number of nitrogens with one attached hydrogen (secondary N) is 1. The Morgan fingerprint density at radius 3 is 2.33 bits per heavy atom. The maximum absolute atomic E-state index is 11.5. The van der Waals surface area contributed by atoms with Gasteiger partial charge in [-0.3, -0.25) is 9.52 Å². The lowest BCUT2D eigenvalue weighted by molar-refractivity contribution is -0.121. The van der Waals surface area contributed by atoms with Crippen molar-refractivity contribution in [2.24, 2.45) is 0 Å². The van der Waals surface area contributed by atoms with Gasteiger partial charge in [0, 0.05) is 5.56 Å². The molecule has 0 heterocycles. The summed E-state index contributed by atoms with van der Waals surface area (Å²) in [4.78, 5) is 11.5. The second kappa shape index (κ2) is 6.41. The Morgan fingerprint density at radius 2 is 1.67 bits per heavy atom. The van der Waals surface area contributed by atoms with Gasteiger partial charge in [0.05, 0.1) is 6.26 Å². The first kappa shape index (κ1) is 15.1. The predicted octanol–water partition coefficient (Wildman–Crippen LogP) is 1.81. The van der Waals surface area contributed by atoms with Crippen molar-refractivity contribution in [1.82, 2.24) is 4.72 Å². The highest BCUT2D eigenvalue weighted by molar-refractivity contribution is 7.89. The first-order valence-electron chi connectivity index (χ1n) is 6.23. The van der Waals surface area contributed by atoms with Gasteiger partial charge in [0.25, 0.3) is 5.91 Å². The predicted molar refractivity (Wildman–Crippen MR) is 80.4 cm³/mol. The van der Waals surface area contributed by atoms with Crippen molar-refractivity contribution in [2.45, 2.75) is 0 Å². The molecule has 0 fully saturated rings. The van der Waals surface area contributed by atoms with E-state index in [0.29, 0.717) is 5.75 Å². The molecule has 0 aliphatic carbocycles. The van der Waals surface area contributed by atoms with Gasteiger partial charge >= 0.3 is 0 Å². The Hall–Kier alpha value is -2.34. The Balaban J connectivity index is 2.13. The standard InChI is InChI=1S/C15H15NO4S/c1-21(18,19)16-15(17)11-20-14-10-6-5-9-13(14)12-7-3-2-4-8-12/h2-10H,11H2,1H3,(H,16,17). The molecule has 0 bridgehead atoms. The number of amides is 1. The number of ether oxygens (including phenoxy) is 1. The molecule has 0 spiro atoms. The summed E-state index contributed by atoms with van der Waals surface area (Å²) >= 11 is 0. The smallest absolute Gasteiger partial charge is 0.271 e. The molecule has 1 amide bonds. The Morgan fingerprint density at radius 1 is 1.05 bits per heavy atom. The van der Waals surface area contributed by atoms with Gasteiger partial charge in [0.15, 0.2) is 6.61 Å². The van der Waals surface area contributed by atoms with Crippen molar-refractivity contribution in [2.75, 3.05) is 12.9 Å². The van der Waals surface area contributed by atoms with Gasteiger partial charge in [-0.1, -0.05) is 48.5 Å². The third kappa shape index (κ3) is 4.61. The van der Waals surface area contributed by atoms with Crippen LogP contribution in [0.5, 0.6) is 5.75 Å². The molecule has 0 aliphatic rings. The molecule has 0 aliphatic heterocycles. The SMILES string of the molecule is CS(=O)(=O)NC(=O)COc1ccccc1-c1ccccc1. The highest BCUT2D eigenvalue weighted by atomic mass is 32.2. The average molecular weight is 305 g/mol. The van der Waals surface area contributed by atoms with E-state index in [1.54, 1.807) is 12.1 Å². The third-order valence-electron chi connectivity index (χ3n) is 2.63. The van der Waals surface area contributed by atoms with Crippen molar-refractivity contribution in [1.29, 1.82) is 0 Å². The lowest BCUT2D eigenvalue weighted by Gasteiger charge is -2.11. The van der Waals surface area contributed by atoms with Crippen molar-refractivity contribution >= 4 is 15.9 Å². The minimum Gasteiger partial charge on any atom is -0.483 e. The van der Waals surface area contributed by atoms with Crippen LogP contribution in [0.1, 0.15) is 0 Å². The number of rotatable bonds is 5. The molecule has 6 heteroatoms. The van der Waals surface area contributed by atoms with Crippen LogP contribution in [-0.2, 0) is 14.8 Å². The molecule has 0 aromatic heterocycles. The molecule has 21 heavy (non-hydrogen) atoms. The summed E-state index contributed by atoms with van der Waals surface area (Å²) in [7, 11) is -3.57. The van der Waals surface area contributed by atoms with Crippen molar-refractivity contribution in [3.63, 3.8) is 0 Å². The Labute approximate surface area is 123 Å². The molecule has 0 radical (unpaired) electrons. The summed E-state index contributed by atoms with van der Waals surface area (Å²) in [6, 6.07) is 16.8. The van der Waals surface area contributed by atoms with Crippen LogP contribution < -0.4 is 9.46 Å². The van der Waals surface area contributed by atoms with Crippen LogP contribution in [0.4, 0.5) is 0 Å². The van der Waals surface area contributed by atoms with Gasteiger partial charge in [-0.2, -0.15) is 0 Å². The van der Waals surface area contributed by atoms with E-state index in [4.69, 9.17) is 4.74 Å². The molecule has 1 N–H and O–H groups in total. The Kier molecular flexibility index (Phi) is 4.59. The van der Waals surface area contributed by atoms with Gasteiger partial charge in [-0.25, -0.2) is 8.42 Å². The summed E-state index contributed by atoms with van der Waals surface area (Å²) in [6.07, 6.45) is 0.919. The molecule has 110 valence electrons. The lowest BCUT2D eigenvalue weighted by Crippen LogP contribution is -2.33. The Bertz CT molecular complexity index is 726. The van der Waals surface area contributed by atoms with Gasteiger partial charge < -0.3 is 4.74 Å². The maximum atomic E-state index is 11.5. The van der Waals surface area contributed by atoms with Crippen molar-refractivity contribution in [3.05, 3.63) is 54.6 Å². The fourth-order valence-corrected chi connectivity index (χ4v) is 2.30. The number of carbonyl (C=O) groups is 1. The van der Waals surface area contributed by atoms with Crippen molar-refractivity contribution < 1.29 is 17.9 Å². The summed E-state index contributed by atoms with van der Waals surface area (Å²) in [5, 5.41) is 0. The zero-order valence-corrected chi connectivity index (χ0v) is 12.3. The van der Waals surface area contributed by atoms with E-state index >= 15 is 0 Å². The number of benzene rings is 2. The molecule has 0 saturated heterocycles. The number of sulfonamides is 1. The van der Waals surface area contributed by atoms with Crippen LogP contribution in [-0.4, -0.2) is 27.2 Å². The molecule has 2 aromatic carbocycles. The van der Waals surface area contributed by atoms with Gasteiger partial charge in [-0.15, -0.1) is 0 Å². The highest BCUT2D eigenvalue weighted by Gasteiger charge is 2.11. The maximum Gasteiger partial charge on any atom is 0.271 e. The topological polar surface area (TPSA) is 72.5 Å². The van der Waals surface area contributed by atoms with Crippen LogP contribution >= 0.6 is 0 Å². The van der Waals surface area contributed by atoms with Crippen LogP contribution in [0.3, 0.4) is 0 Å². The van der Waals surface area contributed by atoms with Crippen molar-refractivity contribution in [3.8, 4) is 16.9 Å². The number of para-hydroxylation sites is 1. The van der Waals surface area contributed by atoms with Gasteiger partial charge in [-0.05, 0) is 11.6 Å². The summed E-state index contributed by atoms with van der Waals surface area (Å²) in [5.41, 5.74) is 1.79. The van der Waals surface area contributed by atoms with Crippen LogP contribution in [0.15, 0.2) is 54.6 Å². The van der Waals surface area contributed by atoms with Crippen LogP contribution in [0.2, 0.25) is 0 Å². The second-order valence-electron chi connectivity index (χ2n) is 4.45. The monoisotopic (exact) mass is 305 g/mol. The number of hydrogen-bond acceptors (Lipinski definition) is 4. The summed E-state index contributed by atoms with van der Waals surface area (Å²) < 4.78 is 29.2.